The topological polar surface area (TPSA) is 191 Å². The van der Waals surface area contributed by atoms with Crippen LogP contribution in [0.4, 0.5) is 22.7 Å². The van der Waals surface area contributed by atoms with Gasteiger partial charge in [-0.25, -0.2) is 0 Å². The highest BCUT2D eigenvalue weighted by Crippen LogP contribution is 2.44. The van der Waals surface area contributed by atoms with Crippen LogP contribution in [0.5, 0.6) is 23.0 Å². The van der Waals surface area contributed by atoms with E-state index < -0.39 is 5.97 Å². The first-order valence-corrected chi connectivity index (χ1v) is 36.1. The highest BCUT2D eigenvalue weighted by molar-refractivity contribution is 6.11. The van der Waals surface area contributed by atoms with Gasteiger partial charge < -0.3 is 45.3 Å². The number of rotatable bonds is 23. The van der Waals surface area contributed by atoms with Crippen molar-refractivity contribution >= 4 is 117 Å². The van der Waals surface area contributed by atoms with Crippen LogP contribution in [0, 0.1) is 0 Å². The lowest BCUT2D eigenvalue weighted by molar-refractivity contribution is -0.137. The molecule has 4 amide bonds. The van der Waals surface area contributed by atoms with Crippen LogP contribution in [0.3, 0.4) is 0 Å². The predicted molar refractivity (Wildman–Crippen MR) is 418 cm³/mol. The van der Waals surface area contributed by atoms with E-state index in [1.165, 1.54) is 0 Å². The van der Waals surface area contributed by atoms with Crippen molar-refractivity contribution in [1.82, 2.24) is 0 Å². The fourth-order valence-corrected chi connectivity index (χ4v) is 14.2. The molecule has 0 fully saturated rings. The van der Waals surface area contributed by atoms with Crippen LogP contribution >= 0.6 is 0 Å². The van der Waals surface area contributed by atoms with E-state index >= 15 is 14.4 Å². The molecule has 0 saturated carbocycles. The second kappa shape index (κ2) is 31.1. The monoisotopic (exact) mass is 1380 g/mol. The van der Waals surface area contributed by atoms with Gasteiger partial charge in [-0.15, -0.1) is 0 Å². The lowest BCUT2D eigenvalue weighted by Gasteiger charge is -2.25. The zero-order valence-corrected chi connectivity index (χ0v) is 58.9. The van der Waals surface area contributed by atoms with Crippen molar-refractivity contribution in [3.8, 4) is 23.0 Å². The van der Waals surface area contributed by atoms with Crippen molar-refractivity contribution in [1.29, 1.82) is 0 Å². The highest BCUT2D eigenvalue weighted by Gasteiger charge is 2.27. The Morgan fingerprint density at radius 1 is 0.298 bits per heavy atom. The molecule has 0 unspecified atom stereocenters. The summed E-state index contributed by atoms with van der Waals surface area (Å²) in [6, 6.07) is 69.9. The van der Waals surface area contributed by atoms with Gasteiger partial charge in [0.2, 0.25) is 5.91 Å². The molecule has 0 saturated heterocycles. The summed E-state index contributed by atoms with van der Waals surface area (Å²) in [7, 11) is 0. The fraction of sp³-hybridized carbons (Fsp3) is 0.211. The van der Waals surface area contributed by atoms with Gasteiger partial charge in [-0.1, -0.05) is 119 Å². The van der Waals surface area contributed by atoms with Crippen molar-refractivity contribution in [2.45, 2.75) is 98.3 Å². The number of carbonyl (C=O) groups is 5. The molecule has 0 atom stereocenters. The first-order chi connectivity index (χ1) is 50.7. The Hall–Kier alpha value is -12.0. The van der Waals surface area contributed by atoms with Crippen LogP contribution in [0.1, 0.15) is 148 Å². The smallest absolute Gasteiger partial charge is 0.303 e. The first-order valence-electron chi connectivity index (χ1n) is 36.1. The van der Waals surface area contributed by atoms with Gasteiger partial charge in [0, 0.05) is 122 Å². The SMILES string of the molecule is CCCOc1c2cc(NC(=O)CCCC(=O)O)cc1Cc1cc(NC(=O)c3ccc4cc5ccccc5cc4c3)cc(c1OCCC)Cc1cc(NC(=O)c3ccc4cc5ccccc5cc4c3)cc(c1OCCC)Cc1cc(NC(=O)c3ccc4cc5ccccc5cc4c3)cc(c1OCCC)C2. The summed E-state index contributed by atoms with van der Waals surface area (Å²) >= 11 is 0. The molecular formula is C90H82N4O10. The summed E-state index contributed by atoms with van der Waals surface area (Å²) in [5.41, 5.74) is 8.95. The second-order valence-electron chi connectivity index (χ2n) is 27.0. The number of fused-ring (bicyclic) bond motifs is 14. The Bertz CT molecular complexity index is 5280. The van der Waals surface area contributed by atoms with Crippen LogP contribution in [0.15, 0.2) is 212 Å². The van der Waals surface area contributed by atoms with E-state index in [1.807, 2.05) is 160 Å². The van der Waals surface area contributed by atoms with Gasteiger partial charge >= 0.3 is 5.97 Å². The summed E-state index contributed by atoms with van der Waals surface area (Å²) in [4.78, 5) is 70.9. The summed E-state index contributed by atoms with van der Waals surface area (Å²) in [5.74, 6) is -0.0412. The largest absolute Gasteiger partial charge is 0.493 e. The number of carboxylic acids is 1. The van der Waals surface area contributed by atoms with Crippen molar-refractivity contribution in [2.75, 3.05) is 47.7 Å². The van der Waals surface area contributed by atoms with Crippen molar-refractivity contribution in [3.05, 3.63) is 274 Å². The van der Waals surface area contributed by atoms with Gasteiger partial charge in [0.1, 0.15) is 23.0 Å². The molecule has 14 rings (SSSR count). The standard InChI is InChI=1S/C90H82N4O10/c1-5-30-101-84-70-43-72-49-79(92-88(98)64-27-24-61-34-55-16-9-12-19-58(55)37-67(61)40-64)51-74(85(72)102-31-6-2)45-76-53-81(94-90(100)66-29-26-63-36-57-18-11-14-21-60(57)39-69(63)42-66)54-77(87(76)104-33-8-4)46-75-52-80(93-89(99)65-28-25-62-35-56-17-10-13-20-59(56)38-68(62)41-65)50-73(86(75)103-32-7-3)44-71(84)48-78(47-70)91-82(95)22-15-23-83(96)97/h9-14,16-21,24-29,34-42,47-54H,5-8,15,22-23,30-33,43-46H2,1-4H3,(H,91,95)(H,92,98)(H,93,99)(H,94,100)(H,96,97). The third kappa shape index (κ3) is 15.6. The van der Waals surface area contributed by atoms with E-state index in [4.69, 9.17) is 18.9 Å². The number of ether oxygens (including phenoxy) is 4. The minimum atomic E-state index is -0.996. The molecule has 0 spiro atoms. The molecule has 13 aromatic carbocycles. The van der Waals surface area contributed by atoms with Gasteiger partial charge in [0.05, 0.1) is 26.4 Å². The molecule has 1 aliphatic rings. The van der Waals surface area contributed by atoms with Crippen LogP contribution in [0.2, 0.25) is 0 Å². The van der Waals surface area contributed by atoms with Gasteiger partial charge in [-0.05, 0) is 218 Å². The number of carboxylic acid groups (broad SMARTS) is 1. The van der Waals surface area contributed by atoms with E-state index in [-0.39, 0.29) is 68.6 Å². The second-order valence-corrected chi connectivity index (χ2v) is 27.0. The third-order valence-electron chi connectivity index (χ3n) is 19.0. The number of aliphatic carboxylic acids is 1. The number of anilines is 4. The molecule has 8 bridgehead atoms. The Labute approximate surface area is 604 Å². The molecule has 0 aliphatic heterocycles. The lowest BCUT2D eigenvalue weighted by atomic mass is 9.90. The van der Waals surface area contributed by atoms with Crippen LogP contribution in [0.25, 0.3) is 64.6 Å². The number of amides is 4. The number of hydrogen-bond acceptors (Lipinski definition) is 9. The van der Waals surface area contributed by atoms with Gasteiger partial charge in [-0.3, -0.25) is 24.0 Å². The van der Waals surface area contributed by atoms with Crippen LogP contribution in [-0.2, 0) is 35.3 Å². The maximum absolute atomic E-state index is 15.1. The number of carbonyl (C=O) groups excluding carboxylic acids is 4. The molecule has 14 heteroatoms. The summed E-state index contributed by atoms with van der Waals surface area (Å²) in [6.07, 6.45) is 3.26. The molecule has 14 nitrogen and oxygen atoms in total. The molecular weight excluding hydrogens is 1300 g/mol. The average Bonchev–Trinajstić information content (AvgIpc) is 0.778. The molecule has 1 aliphatic carbocycles. The first kappa shape index (κ1) is 69.1. The molecule has 104 heavy (non-hydrogen) atoms. The normalized spacial score (nSPS) is 12.0. The fourth-order valence-electron chi connectivity index (χ4n) is 14.2. The van der Waals surface area contributed by atoms with Crippen LogP contribution < -0.4 is 40.2 Å². The zero-order valence-electron chi connectivity index (χ0n) is 58.9. The van der Waals surface area contributed by atoms with Gasteiger partial charge in [-0.2, -0.15) is 0 Å². The van der Waals surface area contributed by atoms with Crippen molar-refractivity contribution in [2.24, 2.45) is 0 Å². The maximum Gasteiger partial charge on any atom is 0.303 e. The van der Waals surface area contributed by atoms with Gasteiger partial charge in [0.15, 0.2) is 0 Å². The minimum absolute atomic E-state index is 0.0382. The average molecular weight is 1380 g/mol. The number of benzene rings is 13. The zero-order chi connectivity index (χ0) is 71.8. The Morgan fingerprint density at radius 2 is 0.538 bits per heavy atom. The highest BCUT2D eigenvalue weighted by atomic mass is 16.5. The van der Waals surface area contributed by atoms with E-state index in [0.717, 1.165) is 64.6 Å². The molecule has 5 N–H and O–H groups in total. The van der Waals surface area contributed by atoms with E-state index in [1.54, 1.807) is 0 Å². The Kier molecular flexibility index (Phi) is 20.6. The molecule has 0 radical (unpaired) electrons. The predicted octanol–water partition coefficient (Wildman–Crippen LogP) is 20.4. The van der Waals surface area contributed by atoms with E-state index in [9.17, 15) is 14.7 Å². The minimum Gasteiger partial charge on any atom is -0.493 e. The summed E-state index contributed by atoms with van der Waals surface area (Å²) in [6.45, 7) is 9.54. The molecule has 0 heterocycles. The Balaban J connectivity index is 0.971. The van der Waals surface area contributed by atoms with Crippen molar-refractivity contribution < 1.29 is 48.0 Å². The van der Waals surface area contributed by atoms with Gasteiger partial charge in [0.25, 0.3) is 17.7 Å². The molecule has 522 valence electrons. The maximum atomic E-state index is 15.1. The van der Waals surface area contributed by atoms with E-state index in [2.05, 4.69) is 101 Å². The Morgan fingerprint density at radius 3 is 0.788 bits per heavy atom. The van der Waals surface area contributed by atoms with Crippen molar-refractivity contribution in [3.63, 3.8) is 0 Å². The van der Waals surface area contributed by atoms with Crippen LogP contribution in [-0.4, -0.2) is 61.1 Å². The summed E-state index contributed by atoms with van der Waals surface area (Å²) < 4.78 is 28.1. The number of hydrogen-bond donors (Lipinski definition) is 5. The lowest BCUT2D eigenvalue weighted by Crippen LogP contribution is -2.16. The van der Waals surface area contributed by atoms with E-state index in [0.29, 0.717) is 159 Å². The molecule has 13 aromatic rings. The third-order valence-corrected chi connectivity index (χ3v) is 19.0. The summed E-state index contributed by atoms with van der Waals surface area (Å²) in [5, 5.41) is 34.9. The number of nitrogens with one attached hydrogen (secondary N) is 4. The molecule has 0 aromatic heterocycles. The quantitative estimate of drug-likeness (QED) is 0.0385.